The highest BCUT2D eigenvalue weighted by Crippen LogP contribution is 2.29. The predicted molar refractivity (Wildman–Crippen MR) is 107 cm³/mol. The topological polar surface area (TPSA) is 62.8 Å². The molecular formula is C20H27N3O3. The van der Waals surface area contributed by atoms with E-state index in [0.717, 1.165) is 30.2 Å². The zero-order valence-electron chi connectivity index (χ0n) is 15.8. The van der Waals surface area contributed by atoms with Gasteiger partial charge in [-0.05, 0) is 50.2 Å². The average Bonchev–Trinajstić information content (AvgIpc) is 2.68. The highest BCUT2D eigenvalue weighted by Gasteiger charge is 2.07. The Morgan fingerprint density at radius 2 is 1.54 bits per heavy atom. The Hall–Kier alpha value is -2.89. The Labute approximate surface area is 155 Å². The van der Waals surface area contributed by atoms with Crippen LogP contribution >= 0.6 is 0 Å². The maximum atomic E-state index is 12.2. The van der Waals surface area contributed by atoms with E-state index in [0.29, 0.717) is 11.5 Å². The van der Waals surface area contributed by atoms with E-state index >= 15 is 0 Å². The number of ether oxygens (including phenoxy) is 2. The number of methoxy groups -OCH3 is 2. The van der Waals surface area contributed by atoms with Crippen molar-refractivity contribution in [3.8, 4) is 11.5 Å². The standard InChI is InChI=1S/C20H27N3O3/c1-5-23(6-2)17-10-7-15(8-11-17)22-20(24)14-21-16-9-12-18(25-3)19(13-16)26-4/h7-13,21H,5-6,14H2,1-4H3,(H,22,24). The third-order valence-corrected chi connectivity index (χ3v) is 4.12. The fourth-order valence-corrected chi connectivity index (χ4v) is 2.68. The van der Waals surface area contributed by atoms with Gasteiger partial charge in [-0.1, -0.05) is 0 Å². The van der Waals surface area contributed by atoms with Crippen LogP contribution < -0.4 is 25.0 Å². The summed E-state index contributed by atoms with van der Waals surface area (Å²) in [5.74, 6) is 1.15. The molecular weight excluding hydrogens is 330 g/mol. The number of hydrogen-bond acceptors (Lipinski definition) is 5. The van der Waals surface area contributed by atoms with Crippen molar-refractivity contribution in [2.24, 2.45) is 0 Å². The van der Waals surface area contributed by atoms with Crippen molar-refractivity contribution in [3.63, 3.8) is 0 Å². The molecule has 2 aromatic rings. The van der Waals surface area contributed by atoms with Crippen LogP contribution in [0.15, 0.2) is 42.5 Å². The second kappa shape index (κ2) is 9.56. The van der Waals surface area contributed by atoms with Crippen molar-refractivity contribution in [2.75, 3.05) is 49.4 Å². The lowest BCUT2D eigenvalue weighted by molar-refractivity contribution is -0.114. The first-order valence-corrected chi connectivity index (χ1v) is 8.72. The Morgan fingerprint density at radius 3 is 2.12 bits per heavy atom. The van der Waals surface area contributed by atoms with E-state index in [1.165, 1.54) is 0 Å². The lowest BCUT2D eigenvalue weighted by Gasteiger charge is -2.21. The maximum absolute atomic E-state index is 12.2. The molecule has 0 aliphatic heterocycles. The summed E-state index contributed by atoms with van der Waals surface area (Å²) in [5.41, 5.74) is 2.71. The van der Waals surface area contributed by atoms with Crippen LogP contribution in [-0.4, -0.2) is 39.8 Å². The van der Waals surface area contributed by atoms with E-state index in [-0.39, 0.29) is 12.5 Å². The monoisotopic (exact) mass is 357 g/mol. The van der Waals surface area contributed by atoms with Crippen LogP contribution in [0.2, 0.25) is 0 Å². The van der Waals surface area contributed by atoms with Gasteiger partial charge in [0.15, 0.2) is 11.5 Å². The molecule has 6 nitrogen and oxygen atoms in total. The van der Waals surface area contributed by atoms with Gasteiger partial charge in [0, 0.05) is 36.2 Å². The zero-order chi connectivity index (χ0) is 18.9. The van der Waals surface area contributed by atoms with Crippen LogP contribution in [0.25, 0.3) is 0 Å². The summed E-state index contributed by atoms with van der Waals surface area (Å²) in [6, 6.07) is 13.3. The van der Waals surface area contributed by atoms with Gasteiger partial charge < -0.3 is 25.0 Å². The summed E-state index contributed by atoms with van der Waals surface area (Å²) in [4.78, 5) is 14.4. The van der Waals surface area contributed by atoms with Crippen molar-refractivity contribution in [1.82, 2.24) is 0 Å². The number of nitrogens with zero attached hydrogens (tertiary/aromatic N) is 1. The molecule has 0 radical (unpaired) electrons. The van der Waals surface area contributed by atoms with E-state index in [1.807, 2.05) is 30.3 Å². The molecule has 0 aliphatic rings. The normalized spacial score (nSPS) is 10.2. The van der Waals surface area contributed by atoms with Crippen LogP contribution in [0.4, 0.5) is 17.1 Å². The van der Waals surface area contributed by atoms with Crippen LogP contribution in [0.5, 0.6) is 11.5 Å². The number of anilines is 3. The van der Waals surface area contributed by atoms with Crippen LogP contribution in [0.3, 0.4) is 0 Å². The lowest BCUT2D eigenvalue weighted by Crippen LogP contribution is -2.23. The van der Waals surface area contributed by atoms with Gasteiger partial charge in [0.1, 0.15) is 0 Å². The molecule has 2 aromatic carbocycles. The van der Waals surface area contributed by atoms with Crippen molar-refractivity contribution in [2.45, 2.75) is 13.8 Å². The summed E-state index contributed by atoms with van der Waals surface area (Å²) in [6.45, 7) is 6.32. The minimum Gasteiger partial charge on any atom is -0.493 e. The third-order valence-electron chi connectivity index (χ3n) is 4.12. The number of hydrogen-bond donors (Lipinski definition) is 2. The zero-order valence-corrected chi connectivity index (χ0v) is 15.8. The quantitative estimate of drug-likeness (QED) is 0.718. The molecule has 0 saturated carbocycles. The molecule has 0 saturated heterocycles. The molecule has 0 aliphatic carbocycles. The number of carbonyl (C=O) groups is 1. The predicted octanol–water partition coefficient (Wildman–Crippen LogP) is 3.60. The molecule has 0 spiro atoms. The molecule has 0 atom stereocenters. The summed E-state index contributed by atoms with van der Waals surface area (Å²) < 4.78 is 10.5. The number of benzene rings is 2. The van der Waals surface area contributed by atoms with Crippen molar-refractivity contribution in [3.05, 3.63) is 42.5 Å². The van der Waals surface area contributed by atoms with E-state index in [1.54, 1.807) is 26.4 Å². The van der Waals surface area contributed by atoms with Gasteiger partial charge in [0.25, 0.3) is 0 Å². The largest absolute Gasteiger partial charge is 0.493 e. The third kappa shape index (κ3) is 5.05. The highest BCUT2D eigenvalue weighted by molar-refractivity contribution is 5.93. The fraction of sp³-hybridized carbons (Fsp3) is 0.350. The molecule has 0 aromatic heterocycles. The Kier molecular flexibility index (Phi) is 7.14. The molecule has 0 heterocycles. The lowest BCUT2D eigenvalue weighted by atomic mass is 10.2. The molecule has 1 amide bonds. The molecule has 2 N–H and O–H groups in total. The molecule has 2 rings (SSSR count). The number of amides is 1. The highest BCUT2D eigenvalue weighted by atomic mass is 16.5. The molecule has 0 fully saturated rings. The summed E-state index contributed by atoms with van der Waals surface area (Å²) in [7, 11) is 3.17. The SMILES string of the molecule is CCN(CC)c1ccc(NC(=O)CNc2ccc(OC)c(OC)c2)cc1. The summed E-state index contributed by atoms with van der Waals surface area (Å²) in [5, 5.41) is 5.97. The van der Waals surface area contributed by atoms with Gasteiger partial charge in [-0.2, -0.15) is 0 Å². The average molecular weight is 357 g/mol. The van der Waals surface area contributed by atoms with Crippen LogP contribution in [0, 0.1) is 0 Å². The smallest absolute Gasteiger partial charge is 0.243 e. The van der Waals surface area contributed by atoms with Crippen LogP contribution in [0.1, 0.15) is 13.8 Å². The van der Waals surface area contributed by atoms with Gasteiger partial charge in [-0.15, -0.1) is 0 Å². The molecule has 0 unspecified atom stereocenters. The van der Waals surface area contributed by atoms with Crippen molar-refractivity contribution >= 4 is 23.0 Å². The van der Waals surface area contributed by atoms with Gasteiger partial charge in [0.05, 0.1) is 20.8 Å². The van der Waals surface area contributed by atoms with Gasteiger partial charge in [0.2, 0.25) is 5.91 Å². The maximum Gasteiger partial charge on any atom is 0.243 e. The number of rotatable bonds is 9. The molecule has 0 bridgehead atoms. The number of nitrogens with one attached hydrogen (secondary N) is 2. The first kappa shape index (κ1) is 19.4. The van der Waals surface area contributed by atoms with Crippen molar-refractivity contribution < 1.29 is 14.3 Å². The van der Waals surface area contributed by atoms with Crippen molar-refractivity contribution in [1.29, 1.82) is 0 Å². The summed E-state index contributed by atoms with van der Waals surface area (Å²) >= 11 is 0. The van der Waals surface area contributed by atoms with Crippen LogP contribution in [-0.2, 0) is 4.79 Å². The minimum absolute atomic E-state index is 0.115. The van der Waals surface area contributed by atoms with E-state index in [4.69, 9.17) is 9.47 Å². The first-order chi connectivity index (χ1) is 12.6. The van der Waals surface area contributed by atoms with E-state index in [2.05, 4.69) is 29.4 Å². The fourth-order valence-electron chi connectivity index (χ4n) is 2.68. The van der Waals surface area contributed by atoms with E-state index < -0.39 is 0 Å². The molecule has 140 valence electrons. The molecule has 6 heteroatoms. The second-order valence-electron chi connectivity index (χ2n) is 5.69. The second-order valence-corrected chi connectivity index (χ2v) is 5.69. The van der Waals surface area contributed by atoms with Gasteiger partial charge in [-0.3, -0.25) is 4.79 Å². The van der Waals surface area contributed by atoms with Gasteiger partial charge >= 0.3 is 0 Å². The number of carbonyl (C=O) groups excluding carboxylic acids is 1. The van der Waals surface area contributed by atoms with Gasteiger partial charge in [-0.25, -0.2) is 0 Å². The Balaban J connectivity index is 1.91. The Bertz CT molecular complexity index is 713. The van der Waals surface area contributed by atoms with E-state index in [9.17, 15) is 4.79 Å². The summed E-state index contributed by atoms with van der Waals surface area (Å²) in [6.07, 6.45) is 0. The minimum atomic E-state index is -0.115. The Morgan fingerprint density at radius 1 is 0.923 bits per heavy atom. The first-order valence-electron chi connectivity index (χ1n) is 8.72. The molecule has 26 heavy (non-hydrogen) atoms.